The number of hydrogen-bond acceptors (Lipinski definition) is 8. The number of aliphatic hydroxyl groups excluding tert-OH is 1. The van der Waals surface area contributed by atoms with Crippen LogP contribution in [0.3, 0.4) is 0 Å². The summed E-state index contributed by atoms with van der Waals surface area (Å²) in [5.74, 6) is -3.85. The minimum atomic E-state index is -1.22. The molecule has 0 saturated carbocycles. The van der Waals surface area contributed by atoms with Gasteiger partial charge in [0.25, 0.3) is 0 Å². The second-order valence-corrected chi connectivity index (χ2v) is 8.44. The summed E-state index contributed by atoms with van der Waals surface area (Å²) in [4.78, 5) is 59.7. The lowest BCUT2D eigenvalue weighted by molar-refractivity contribution is -0.138. The summed E-state index contributed by atoms with van der Waals surface area (Å²) in [6, 6.07) is -2.04. The molecule has 0 aromatic heterocycles. The molecule has 0 aliphatic rings. The number of unbranched alkanes of at least 4 members (excludes halogenated alkanes) is 1. The molecule has 0 bridgehead atoms. The Kier molecular flexibility index (Phi) is 16.2. The van der Waals surface area contributed by atoms with Crippen molar-refractivity contribution >= 4 is 29.6 Å². The maximum Gasteiger partial charge on any atom is 0.322 e. The Balaban J connectivity index is 5.17. The van der Waals surface area contributed by atoms with Crippen LogP contribution in [0.1, 0.15) is 46.0 Å². The number of carbonyl (C=O) groups is 5. The largest absolute Gasteiger partial charge is 0.480 e. The highest BCUT2D eigenvalue weighted by Crippen LogP contribution is 2.13. The number of carbonyl (C=O) groups excluding carboxylic acids is 4. The van der Waals surface area contributed by atoms with Crippen LogP contribution in [0, 0.1) is 11.8 Å². The summed E-state index contributed by atoms with van der Waals surface area (Å²) in [5.41, 5.74) is 11.0. The van der Waals surface area contributed by atoms with E-state index in [0.29, 0.717) is 38.1 Å². The van der Waals surface area contributed by atoms with E-state index in [9.17, 15) is 24.0 Å². The molecule has 0 spiro atoms. The number of rotatable bonds is 18. The van der Waals surface area contributed by atoms with Gasteiger partial charge in [-0.1, -0.05) is 20.3 Å². The number of hydrogen-bond donors (Lipinski definition) is 8. The quantitative estimate of drug-likeness (QED) is 0.0945. The minimum Gasteiger partial charge on any atom is -0.480 e. The highest BCUT2D eigenvalue weighted by atomic mass is 16.4. The van der Waals surface area contributed by atoms with Crippen molar-refractivity contribution in [2.75, 3.05) is 32.8 Å². The molecule has 3 atom stereocenters. The van der Waals surface area contributed by atoms with Crippen LogP contribution in [0.25, 0.3) is 0 Å². The van der Waals surface area contributed by atoms with E-state index in [4.69, 9.17) is 21.7 Å². The van der Waals surface area contributed by atoms with E-state index in [1.165, 1.54) is 0 Å². The van der Waals surface area contributed by atoms with Gasteiger partial charge in [0, 0.05) is 6.54 Å². The Morgan fingerprint density at radius 1 is 0.853 bits per heavy atom. The summed E-state index contributed by atoms with van der Waals surface area (Å²) in [7, 11) is 0. The SMILES string of the molecule is CC(C)CC[C@@H](CNC(=O)[C@@H](N)CO)C(=O)N[C@@H](CCCCN)C(=O)NCC(=O)NCC(=O)O. The van der Waals surface area contributed by atoms with Crippen LogP contribution in [0.15, 0.2) is 0 Å². The number of nitrogens with two attached hydrogens (primary N) is 2. The zero-order valence-corrected chi connectivity index (χ0v) is 20.0. The first-order valence-corrected chi connectivity index (χ1v) is 11.4. The molecule has 4 amide bonds. The van der Waals surface area contributed by atoms with Gasteiger partial charge in [0.2, 0.25) is 23.6 Å². The summed E-state index contributed by atoms with van der Waals surface area (Å²) in [5, 5.41) is 27.4. The van der Waals surface area contributed by atoms with Gasteiger partial charge in [0.1, 0.15) is 18.6 Å². The van der Waals surface area contributed by atoms with Gasteiger partial charge in [-0.15, -0.1) is 0 Å². The molecule has 0 unspecified atom stereocenters. The fourth-order valence-corrected chi connectivity index (χ4v) is 2.88. The summed E-state index contributed by atoms with van der Waals surface area (Å²) in [6.45, 7) is 2.84. The predicted octanol–water partition coefficient (Wildman–Crippen LogP) is -2.59. The highest BCUT2D eigenvalue weighted by molar-refractivity contribution is 5.91. The van der Waals surface area contributed by atoms with Gasteiger partial charge < -0.3 is 42.9 Å². The molecule has 0 aliphatic heterocycles. The summed E-state index contributed by atoms with van der Waals surface area (Å²) >= 11 is 0. The van der Waals surface area contributed by atoms with Crippen molar-refractivity contribution in [1.29, 1.82) is 0 Å². The van der Waals surface area contributed by atoms with E-state index >= 15 is 0 Å². The van der Waals surface area contributed by atoms with Crippen LogP contribution in [0.2, 0.25) is 0 Å². The first-order valence-electron chi connectivity index (χ1n) is 11.4. The third-order valence-electron chi connectivity index (χ3n) is 4.96. The van der Waals surface area contributed by atoms with Crippen molar-refractivity contribution in [3.8, 4) is 0 Å². The van der Waals surface area contributed by atoms with Gasteiger partial charge in [-0.25, -0.2) is 0 Å². The van der Waals surface area contributed by atoms with Crippen LogP contribution in [-0.4, -0.2) is 84.7 Å². The van der Waals surface area contributed by atoms with Crippen LogP contribution < -0.4 is 32.7 Å². The van der Waals surface area contributed by atoms with Crippen LogP contribution in [-0.2, 0) is 24.0 Å². The standard InChI is InChI=1S/C21H40N6O7/c1-13(2)6-7-14(9-25-20(33)15(23)12-28)19(32)27-16(5-3-4-8-22)21(34)26-10-17(29)24-11-18(30)31/h13-16,28H,3-12,22-23H2,1-2H3,(H,24,29)(H,25,33)(H,26,34)(H,27,32)(H,30,31)/t14-,15-,16-/m0/s1. The lowest BCUT2D eigenvalue weighted by Crippen LogP contribution is -2.52. The molecule has 196 valence electrons. The highest BCUT2D eigenvalue weighted by Gasteiger charge is 2.26. The predicted molar refractivity (Wildman–Crippen MR) is 124 cm³/mol. The van der Waals surface area contributed by atoms with Crippen molar-refractivity contribution in [1.82, 2.24) is 21.3 Å². The summed E-state index contributed by atoms with van der Waals surface area (Å²) in [6.07, 6.45) is 2.62. The van der Waals surface area contributed by atoms with Gasteiger partial charge in [-0.2, -0.15) is 0 Å². The van der Waals surface area contributed by atoms with Gasteiger partial charge in [0.05, 0.1) is 19.1 Å². The van der Waals surface area contributed by atoms with Gasteiger partial charge in [0.15, 0.2) is 0 Å². The zero-order valence-electron chi connectivity index (χ0n) is 20.0. The van der Waals surface area contributed by atoms with Crippen LogP contribution in [0.4, 0.5) is 0 Å². The number of carboxylic acid groups (broad SMARTS) is 1. The molecule has 0 aliphatic carbocycles. The average Bonchev–Trinajstić information content (AvgIpc) is 2.79. The maximum atomic E-state index is 13.0. The average molecular weight is 489 g/mol. The van der Waals surface area contributed by atoms with E-state index in [2.05, 4.69) is 21.3 Å². The Labute approximate surface area is 199 Å². The van der Waals surface area contributed by atoms with Crippen LogP contribution >= 0.6 is 0 Å². The second-order valence-electron chi connectivity index (χ2n) is 8.44. The van der Waals surface area contributed by atoms with E-state index in [0.717, 1.165) is 0 Å². The van der Waals surface area contributed by atoms with Crippen molar-refractivity contribution in [2.45, 2.75) is 58.0 Å². The third kappa shape index (κ3) is 14.4. The first kappa shape index (κ1) is 31.2. The van der Waals surface area contributed by atoms with E-state index in [1.54, 1.807) is 0 Å². The van der Waals surface area contributed by atoms with Crippen molar-refractivity contribution in [2.24, 2.45) is 23.3 Å². The topological polar surface area (TPSA) is 226 Å². The Morgan fingerprint density at radius 3 is 2.09 bits per heavy atom. The molecule has 13 nitrogen and oxygen atoms in total. The zero-order chi connectivity index (χ0) is 26.1. The maximum absolute atomic E-state index is 13.0. The normalized spacial score (nSPS) is 13.5. The minimum absolute atomic E-state index is 0.0141. The van der Waals surface area contributed by atoms with Gasteiger partial charge >= 0.3 is 5.97 Å². The molecule has 0 aromatic rings. The summed E-state index contributed by atoms with van der Waals surface area (Å²) < 4.78 is 0. The number of carboxylic acids is 1. The molecule has 0 saturated heterocycles. The monoisotopic (exact) mass is 488 g/mol. The van der Waals surface area contributed by atoms with Crippen molar-refractivity contribution < 1.29 is 34.2 Å². The Morgan fingerprint density at radius 2 is 1.53 bits per heavy atom. The molecule has 0 radical (unpaired) electrons. The number of aliphatic hydroxyl groups is 1. The molecule has 10 N–H and O–H groups in total. The Bertz CT molecular complexity index is 674. The third-order valence-corrected chi connectivity index (χ3v) is 4.96. The van der Waals surface area contributed by atoms with Crippen LogP contribution in [0.5, 0.6) is 0 Å². The molecule has 0 aromatic carbocycles. The fraction of sp³-hybridized carbons (Fsp3) is 0.762. The molecule has 0 rings (SSSR count). The molecule has 0 fully saturated rings. The lowest BCUT2D eigenvalue weighted by Gasteiger charge is -2.23. The molecule has 0 heterocycles. The van der Waals surface area contributed by atoms with E-state index in [1.807, 2.05) is 13.8 Å². The number of nitrogens with one attached hydrogen (secondary N) is 4. The molecule has 13 heteroatoms. The number of aliphatic carboxylic acids is 1. The second kappa shape index (κ2) is 17.7. The fourth-order valence-electron chi connectivity index (χ4n) is 2.88. The van der Waals surface area contributed by atoms with E-state index in [-0.39, 0.29) is 13.0 Å². The molecular weight excluding hydrogens is 448 g/mol. The Hall–Kier alpha value is -2.77. The van der Waals surface area contributed by atoms with Gasteiger partial charge in [-0.05, 0) is 38.1 Å². The van der Waals surface area contributed by atoms with E-state index < -0.39 is 67.3 Å². The first-order chi connectivity index (χ1) is 16.0. The molecular formula is C21H40N6O7. The smallest absolute Gasteiger partial charge is 0.322 e. The van der Waals surface area contributed by atoms with Crippen molar-refractivity contribution in [3.05, 3.63) is 0 Å². The molecule has 34 heavy (non-hydrogen) atoms. The number of amides is 4. The van der Waals surface area contributed by atoms with Gasteiger partial charge in [-0.3, -0.25) is 24.0 Å². The lowest BCUT2D eigenvalue weighted by atomic mass is 9.96. The van der Waals surface area contributed by atoms with Crippen molar-refractivity contribution in [3.63, 3.8) is 0 Å².